The summed E-state index contributed by atoms with van der Waals surface area (Å²) < 4.78 is 14.9. The summed E-state index contributed by atoms with van der Waals surface area (Å²) in [7, 11) is 1.59. The number of ether oxygens (including phenoxy) is 3. The lowest BCUT2D eigenvalue weighted by molar-refractivity contribution is 0.0532. The van der Waals surface area contributed by atoms with Gasteiger partial charge in [0.15, 0.2) is 0 Å². The normalized spacial score (nSPS) is 10.0. The standard InChI is InChI=1S/C9H13NO4S/c1-3-13-8(11)7-6-10-9(15-7)14-5-4-12-2/h6H,3-5H2,1-2H3. The topological polar surface area (TPSA) is 57.7 Å². The number of rotatable bonds is 6. The highest BCUT2D eigenvalue weighted by Gasteiger charge is 2.11. The summed E-state index contributed by atoms with van der Waals surface area (Å²) in [5, 5.41) is 0.454. The van der Waals surface area contributed by atoms with Crippen LogP contribution in [0.15, 0.2) is 6.20 Å². The van der Waals surface area contributed by atoms with E-state index in [4.69, 9.17) is 14.2 Å². The molecule has 5 nitrogen and oxygen atoms in total. The summed E-state index contributed by atoms with van der Waals surface area (Å²) in [5.41, 5.74) is 0. The predicted molar refractivity (Wildman–Crippen MR) is 55.4 cm³/mol. The minimum absolute atomic E-state index is 0.358. The monoisotopic (exact) mass is 231 g/mol. The van der Waals surface area contributed by atoms with E-state index in [-0.39, 0.29) is 5.97 Å². The van der Waals surface area contributed by atoms with Crippen LogP contribution in [0.25, 0.3) is 0 Å². The van der Waals surface area contributed by atoms with Gasteiger partial charge in [-0.25, -0.2) is 9.78 Å². The van der Waals surface area contributed by atoms with Crippen LogP contribution < -0.4 is 4.74 Å². The summed E-state index contributed by atoms with van der Waals surface area (Å²) in [4.78, 5) is 15.6. The van der Waals surface area contributed by atoms with Crippen molar-refractivity contribution in [3.8, 4) is 5.19 Å². The average Bonchev–Trinajstić information content (AvgIpc) is 2.67. The highest BCUT2D eigenvalue weighted by atomic mass is 32.1. The van der Waals surface area contributed by atoms with Crippen molar-refractivity contribution in [1.82, 2.24) is 4.98 Å². The third-order valence-corrected chi connectivity index (χ3v) is 2.36. The van der Waals surface area contributed by atoms with E-state index < -0.39 is 0 Å². The van der Waals surface area contributed by atoms with Crippen molar-refractivity contribution in [2.24, 2.45) is 0 Å². The van der Waals surface area contributed by atoms with Gasteiger partial charge in [-0.15, -0.1) is 0 Å². The number of esters is 1. The molecule has 0 bridgehead atoms. The fourth-order valence-corrected chi connectivity index (χ4v) is 1.52. The van der Waals surface area contributed by atoms with Crippen LogP contribution in [-0.4, -0.2) is 37.9 Å². The molecule has 0 fully saturated rings. The molecule has 1 aromatic heterocycles. The summed E-state index contributed by atoms with van der Waals surface area (Å²) in [5.74, 6) is -0.364. The summed E-state index contributed by atoms with van der Waals surface area (Å²) in [6, 6.07) is 0. The van der Waals surface area contributed by atoms with Gasteiger partial charge in [0, 0.05) is 7.11 Å². The molecule has 0 spiro atoms. The quantitative estimate of drug-likeness (QED) is 0.546. The molecule has 1 heterocycles. The van der Waals surface area contributed by atoms with Gasteiger partial charge in [-0.3, -0.25) is 0 Å². The van der Waals surface area contributed by atoms with Crippen LogP contribution in [0, 0.1) is 0 Å². The zero-order valence-corrected chi connectivity index (χ0v) is 9.50. The third-order valence-electron chi connectivity index (χ3n) is 1.47. The Morgan fingerprint density at radius 1 is 1.53 bits per heavy atom. The third kappa shape index (κ3) is 3.85. The van der Waals surface area contributed by atoms with Crippen LogP contribution in [0.1, 0.15) is 16.6 Å². The lowest BCUT2D eigenvalue weighted by atomic mass is 10.6. The van der Waals surface area contributed by atoms with E-state index in [0.29, 0.717) is 29.9 Å². The number of carbonyl (C=O) groups excluding carboxylic acids is 1. The van der Waals surface area contributed by atoms with Crippen molar-refractivity contribution in [2.75, 3.05) is 26.9 Å². The molecule has 6 heteroatoms. The van der Waals surface area contributed by atoms with E-state index in [1.54, 1.807) is 14.0 Å². The fraction of sp³-hybridized carbons (Fsp3) is 0.556. The molecule has 0 aliphatic rings. The van der Waals surface area contributed by atoms with Crippen molar-refractivity contribution in [2.45, 2.75) is 6.92 Å². The number of carbonyl (C=O) groups is 1. The first-order valence-electron chi connectivity index (χ1n) is 4.52. The Bertz CT molecular complexity index is 313. The first-order chi connectivity index (χ1) is 7.27. The highest BCUT2D eigenvalue weighted by Crippen LogP contribution is 2.20. The van der Waals surface area contributed by atoms with Gasteiger partial charge < -0.3 is 14.2 Å². The van der Waals surface area contributed by atoms with Gasteiger partial charge in [-0.1, -0.05) is 11.3 Å². The summed E-state index contributed by atoms with van der Waals surface area (Å²) >= 11 is 1.17. The largest absolute Gasteiger partial charge is 0.468 e. The molecule has 0 N–H and O–H groups in total. The van der Waals surface area contributed by atoms with Gasteiger partial charge in [0.05, 0.1) is 19.4 Å². The molecule has 0 atom stereocenters. The second-order valence-corrected chi connectivity index (χ2v) is 3.55. The molecule has 0 aliphatic heterocycles. The maximum absolute atomic E-state index is 11.3. The van der Waals surface area contributed by atoms with Crippen LogP contribution >= 0.6 is 11.3 Å². The Morgan fingerprint density at radius 3 is 3.00 bits per heavy atom. The van der Waals surface area contributed by atoms with Crippen LogP contribution in [0.2, 0.25) is 0 Å². The van der Waals surface area contributed by atoms with Crippen molar-refractivity contribution in [1.29, 1.82) is 0 Å². The van der Waals surface area contributed by atoms with Crippen molar-refractivity contribution >= 4 is 17.3 Å². The first-order valence-corrected chi connectivity index (χ1v) is 5.34. The van der Waals surface area contributed by atoms with Gasteiger partial charge in [-0.05, 0) is 6.92 Å². The number of methoxy groups -OCH3 is 1. The second-order valence-electron chi connectivity index (χ2n) is 2.55. The Labute approximate surface area is 92.0 Å². The van der Waals surface area contributed by atoms with Crippen LogP contribution in [0.4, 0.5) is 0 Å². The van der Waals surface area contributed by atoms with E-state index in [1.165, 1.54) is 17.5 Å². The summed E-state index contributed by atoms with van der Waals surface area (Å²) in [6.45, 7) is 3.03. The highest BCUT2D eigenvalue weighted by molar-refractivity contribution is 7.15. The fourth-order valence-electron chi connectivity index (χ4n) is 0.834. The van der Waals surface area contributed by atoms with Gasteiger partial charge >= 0.3 is 5.97 Å². The molecule has 0 radical (unpaired) electrons. The molecule has 0 amide bonds. The molecule has 0 aliphatic carbocycles. The van der Waals surface area contributed by atoms with E-state index in [9.17, 15) is 4.79 Å². The molecule has 15 heavy (non-hydrogen) atoms. The molecular formula is C9H13NO4S. The number of nitrogens with zero attached hydrogens (tertiary/aromatic N) is 1. The maximum atomic E-state index is 11.3. The van der Waals surface area contributed by atoms with Crippen molar-refractivity contribution in [3.63, 3.8) is 0 Å². The minimum atomic E-state index is -0.364. The molecule has 0 saturated heterocycles. The molecular weight excluding hydrogens is 218 g/mol. The minimum Gasteiger partial charge on any atom is -0.468 e. The van der Waals surface area contributed by atoms with Gasteiger partial charge in [-0.2, -0.15) is 0 Å². The van der Waals surface area contributed by atoms with E-state index >= 15 is 0 Å². The lowest BCUT2D eigenvalue weighted by Gasteiger charge is -1.99. The molecule has 1 rings (SSSR count). The summed E-state index contributed by atoms with van der Waals surface area (Å²) in [6.07, 6.45) is 1.45. The molecule has 84 valence electrons. The van der Waals surface area contributed by atoms with E-state index in [2.05, 4.69) is 4.98 Å². The number of aromatic nitrogens is 1. The molecule has 0 saturated carbocycles. The van der Waals surface area contributed by atoms with Crippen LogP contribution in [-0.2, 0) is 9.47 Å². The number of thiazole rings is 1. The van der Waals surface area contributed by atoms with Gasteiger partial charge in [0.1, 0.15) is 11.5 Å². The SMILES string of the molecule is CCOC(=O)c1cnc(OCCOC)s1. The molecule has 0 unspecified atom stereocenters. The average molecular weight is 231 g/mol. The van der Waals surface area contributed by atoms with Crippen LogP contribution in [0.5, 0.6) is 5.19 Å². The Hall–Kier alpha value is -1.14. The first kappa shape index (κ1) is 11.9. The van der Waals surface area contributed by atoms with E-state index in [1.807, 2.05) is 0 Å². The number of hydrogen-bond acceptors (Lipinski definition) is 6. The predicted octanol–water partition coefficient (Wildman–Crippen LogP) is 1.34. The lowest BCUT2D eigenvalue weighted by Crippen LogP contribution is -2.03. The molecule has 1 aromatic rings. The van der Waals surface area contributed by atoms with Gasteiger partial charge in [0.2, 0.25) is 0 Å². The van der Waals surface area contributed by atoms with E-state index in [0.717, 1.165) is 0 Å². The smallest absolute Gasteiger partial charge is 0.350 e. The van der Waals surface area contributed by atoms with Gasteiger partial charge in [0.25, 0.3) is 5.19 Å². The van der Waals surface area contributed by atoms with Crippen molar-refractivity contribution in [3.05, 3.63) is 11.1 Å². The van der Waals surface area contributed by atoms with Crippen molar-refractivity contribution < 1.29 is 19.0 Å². The Morgan fingerprint density at radius 2 is 2.33 bits per heavy atom. The van der Waals surface area contributed by atoms with Crippen LogP contribution in [0.3, 0.4) is 0 Å². The zero-order valence-electron chi connectivity index (χ0n) is 8.69. The Balaban J connectivity index is 2.45. The zero-order chi connectivity index (χ0) is 11.1. The maximum Gasteiger partial charge on any atom is 0.350 e. The Kier molecular flexibility index (Phi) is 5.06. The molecule has 0 aromatic carbocycles. The second kappa shape index (κ2) is 6.36. The number of hydrogen-bond donors (Lipinski definition) is 0.